The highest BCUT2D eigenvalue weighted by Crippen LogP contribution is 2.17. The number of hydrogen-bond acceptors (Lipinski definition) is 4. The molecule has 0 aliphatic heterocycles. The summed E-state index contributed by atoms with van der Waals surface area (Å²) < 4.78 is 0. The summed E-state index contributed by atoms with van der Waals surface area (Å²) in [6.45, 7) is 1.94. The van der Waals surface area contributed by atoms with Crippen LogP contribution in [0.25, 0.3) is 10.9 Å². The molecule has 25 heavy (non-hydrogen) atoms. The first-order valence-corrected chi connectivity index (χ1v) is 8.21. The van der Waals surface area contributed by atoms with Crippen LogP contribution in [0.15, 0.2) is 53.5 Å². The second-order valence-electron chi connectivity index (χ2n) is 5.96. The van der Waals surface area contributed by atoms with Gasteiger partial charge in [-0.1, -0.05) is 18.2 Å². The maximum Gasteiger partial charge on any atom is 0.258 e. The Bertz CT molecular complexity index is 937. The molecular weight excluding hydrogens is 316 g/mol. The molecule has 1 aromatic carbocycles. The van der Waals surface area contributed by atoms with Crippen LogP contribution in [0.2, 0.25) is 0 Å². The molecule has 2 heterocycles. The zero-order chi connectivity index (χ0) is 17.8. The number of rotatable bonds is 5. The number of nitrogens with zero attached hydrogens (tertiary/aromatic N) is 3. The Hall–Kier alpha value is -3.02. The molecule has 1 amide bonds. The van der Waals surface area contributed by atoms with Crippen LogP contribution in [0.3, 0.4) is 0 Å². The van der Waals surface area contributed by atoms with Crippen molar-refractivity contribution in [2.24, 2.45) is 0 Å². The molecule has 6 heteroatoms. The molecule has 0 radical (unpaired) electrons. The van der Waals surface area contributed by atoms with Crippen molar-refractivity contribution in [3.05, 3.63) is 70.5 Å². The number of hydrogen-bond donors (Lipinski definition) is 1. The standard InChI is InChI=1S/C19H20N4O2/c1-13(15-8-5-6-12-20-15)23(2)18(24)11-10-17-21-16-9-4-3-7-14(16)19(25)22-17/h3-9,12-13H,10-11H2,1-2H3,(H,21,22,25). The van der Waals surface area contributed by atoms with Gasteiger partial charge in [-0.3, -0.25) is 14.6 Å². The summed E-state index contributed by atoms with van der Waals surface area (Å²) in [7, 11) is 1.76. The summed E-state index contributed by atoms with van der Waals surface area (Å²) in [6.07, 6.45) is 2.38. The molecule has 0 saturated heterocycles. The van der Waals surface area contributed by atoms with Crippen molar-refractivity contribution in [3.63, 3.8) is 0 Å². The zero-order valence-electron chi connectivity index (χ0n) is 14.3. The van der Waals surface area contributed by atoms with E-state index in [9.17, 15) is 9.59 Å². The summed E-state index contributed by atoms with van der Waals surface area (Å²) in [4.78, 5) is 37.7. The Morgan fingerprint density at radius 1 is 1.20 bits per heavy atom. The van der Waals surface area contributed by atoms with Crippen LogP contribution in [0, 0.1) is 0 Å². The highest BCUT2D eigenvalue weighted by molar-refractivity contribution is 5.78. The molecule has 3 aromatic rings. The van der Waals surface area contributed by atoms with E-state index in [1.54, 1.807) is 36.3 Å². The molecule has 0 fully saturated rings. The first-order chi connectivity index (χ1) is 12.1. The number of para-hydroxylation sites is 1. The first kappa shape index (κ1) is 16.8. The van der Waals surface area contributed by atoms with Gasteiger partial charge in [-0.2, -0.15) is 0 Å². The number of fused-ring (bicyclic) bond motifs is 1. The van der Waals surface area contributed by atoms with E-state index in [2.05, 4.69) is 15.0 Å². The number of pyridine rings is 1. The Morgan fingerprint density at radius 3 is 2.72 bits per heavy atom. The van der Waals surface area contributed by atoms with Gasteiger partial charge in [-0.05, 0) is 31.2 Å². The minimum absolute atomic E-state index is 0.0195. The summed E-state index contributed by atoms with van der Waals surface area (Å²) in [6, 6.07) is 12.7. The van der Waals surface area contributed by atoms with Gasteiger partial charge < -0.3 is 9.88 Å². The van der Waals surface area contributed by atoms with Crippen LogP contribution in [0.1, 0.15) is 30.9 Å². The fourth-order valence-corrected chi connectivity index (χ4v) is 2.69. The van der Waals surface area contributed by atoms with Crippen molar-refractivity contribution in [1.29, 1.82) is 0 Å². The quantitative estimate of drug-likeness (QED) is 0.776. The maximum absolute atomic E-state index is 12.5. The molecule has 1 atom stereocenters. The fourth-order valence-electron chi connectivity index (χ4n) is 2.69. The molecule has 2 aromatic heterocycles. The monoisotopic (exact) mass is 336 g/mol. The largest absolute Gasteiger partial charge is 0.337 e. The number of amides is 1. The lowest BCUT2D eigenvalue weighted by Gasteiger charge is -2.24. The number of aromatic nitrogens is 3. The number of benzene rings is 1. The number of H-pyrrole nitrogens is 1. The highest BCUT2D eigenvalue weighted by atomic mass is 16.2. The molecule has 0 spiro atoms. The number of nitrogens with one attached hydrogen (secondary N) is 1. The second kappa shape index (κ2) is 7.25. The normalized spacial score (nSPS) is 12.1. The lowest BCUT2D eigenvalue weighted by atomic mass is 10.1. The molecule has 3 rings (SSSR count). The molecule has 0 saturated carbocycles. The van der Waals surface area contributed by atoms with Crippen LogP contribution in [0.5, 0.6) is 0 Å². The Labute approximate surface area is 145 Å². The van der Waals surface area contributed by atoms with Crippen molar-refractivity contribution in [1.82, 2.24) is 19.9 Å². The third-order valence-corrected chi connectivity index (χ3v) is 4.33. The van der Waals surface area contributed by atoms with E-state index in [1.807, 2.05) is 31.2 Å². The fraction of sp³-hybridized carbons (Fsp3) is 0.263. The van der Waals surface area contributed by atoms with Crippen LogP contribution in [-0.4, -0.2) is 32.8 Å². The summed E-state index contributed by atoms with van der Waals surface area (Å²) >= 11 is 0. The van der Waals surface area contributed by atoms with E-state index >= 15 is 0 Å². The lowest BCUT2D eigenvalue weighted by Crippen LogP contribution is -2.30. The predicted octanol–water partition coefficient (Wildman–Crippen LogP) is 2.47. The van der Waals surface area contributed by atoms with Crippen molar-refractivity contribution in [2.75, 3.05) is 7.05 Å². The summed E-state index contributed by atoms with van der Waals surface area (Å²) in [5, 5.41) is 0.554. The smallest absolute Gasteiger partial charge is 0.258 e. The van der Waals surface area contributed by atoms with Gasteiger partial charge in [0.1, 0.15) is 5.82 Å². The molecule has 0 aliphatic carbocycles. The average molecular weight is 336 g/mol. The number of carbonyl (C=O) groups excluding carboxylic acids is 1. The van der Waals surface area contributed by atoms with E-state index in [-0.39, 0.29) is 23.9 Å². The Kier molecular flexibility index (Phi) is 4.88. The predicted molar refractivity (Wildman–Crippen MR) is 96.1 cm³/mol. The molecule has 128 valence electrons. The number of carbonyl (C=O) groups is 1. The number of aromatic amines is 1. The van der Waals surface area contributed by atoms with Gasteiger partial charge in [0.25, 0.3) is 5.56 Å². The van der Waals surface area contributed by atoms with E-state index < -0.39 is 0 Å². The van der Waals surface area contributed by atoms with Crippen molar-refractivity contribution in [3.8, 4) is 0 Å². The molecule has 1 unspecified atom stereocenters. The van der Waals surface area contributed by atoms with Crippen LogP contribution in [-0.2, 0) is 11.2 Å². The average Bonchev–Trinajstić information content (AvgIpc) is 2.65. The van der Waals surface area contributed by atoms with E-state index in [4.69, 9.17) is 0 Å². The van der Waals surface area contributed by atoms with Gasteiger partial charge in [0, 0.05) is 26.1 Å². The summed E-state index contributed by atoms with van der Waals surface area (Å²) in [5.41, 5.74) is 1.31. The van der Waals surface area contributed by atoms with Crippen molar-refractivity contribution in [2.45, 2.75) is 25.8 Å². The minimum atomic E-state index is -0.178. The SMILES string of the molecule is CC(c1ccccn1)N(C)C(=O)CCc1nc2ccccc2c(=O)[nH]1. The maximum atomic E-state index is 12.5. The molecule has 0 aliphatic rings. The summed E-state index contributed by atoms with van der Waals surface area (Å²) in [5.74, 6) is 0.505. The van der Waals surface area contributed by atoms with E-state index in [1.165, 1.54) is 0 Å². The van der Waals surface area contributed by atoms with E-state index in [0.717, 1.165) is 5.69 Å². The van der Waals surface area contributed by atoms with Gasteiger partial charge in [0.15, 0.2) is 0 Å². The van der Waals surface area contributed by atoms with Crippen LogP contribution < -0.4 is 5.56 Å². The molecule has 6 nitrogen and oxygen atoms in total. The van der Waals surface area contributed by atoms with Crippen LogP contribution in [0.4, 0.5) is 0 Å². The van der Waals surface area contributed by atoms with Crippen molar-refractivity contribution < 1.29 is 4.79 Å². The van der Waals surface area contributed by atoms with Gasteiger partial charge in [-0.15, -0.1) is 0 Å². The van der Waals surface area contributed by atoms with Gasteiger partial charge in [0.05, 0.1) is 22.6 Å². The topological polar surface area (TPSA) is 79.0 Å². The zero-order valence-corrected chi connectivity index (χ0v) is 14.3. The third-order valence-electron chi connectivity index (χ3n) is 4.33. The van der Waals surface area contributed by atoms with E-state index in [0.29, 0.717) is 23.1 Å². The van der Waals surface area contributed by atoms with Gasteiger partial charge in [-0.25, -0.2) is 4.98 Å². The third kappa shape index (κ3) is 3.74. The number of aryl methyl sites for hydroxylation is 1. The first-order valence-electron chi connectivity index (χ1n) is 8.21. The second-order valence-corrected chi connectivity index (χ2v) is 5.96. The van der Waals surface area contributed by atoms with Crippen LogP contribution >= 0.6 is 0 Å². The molecule has 1 N–H and O–H groups in total. The Morgan fingerprint density at radius 2 is 1.96 bits per heavy atom. The highest BCUT2D eigenvalue weighted by Gasteiger charge is 2.18. The molecular formula is C19H20N4O2. The van der Waals surface area contributed by atoms with Gasteiger partial charge in [0.2, 0.25) is 5.91 Å². The Balaban J connectivity index is 1.69. The lowest BCUT2D eigenvalue weighted by molar-refractivity contribution is -0.131. The molecule has 0 bridgehead atoms. The minimum Gasteiger partial charge on any atom is -0.337 e. The van der Waals surface area contributed by atoms with Crippen molar-refractivity contribution >= 4 is 16.8 Å². The van der Waals surface area contributed by atoms with Gasteiger partial charge >= 0.3 is 0 Å².